The Bertz CT molecular complexity index is 555. The van der Waals surface area contributed by atoms with Crippen molar-refractivity contribution in [2.24, 2.45) is 5.92 Å². The number of hydrogen-bond donors (Lipinski definition) is 2. The molecule has 1 aromatic rings. The van der Waals surface area contributed by atoms with Gasteiger partial charge in [0.05, 0.1) is 11.1 Å². The van der Waals surface area contributed by atoms with Crippen molar-refractivity contribution in [3.8, 4) is 0 Å². The maximum absolute atomic E-state index is 13.5. The van der Waals surface area contributed by atoms with Crippen LogP contribution in [0.1, 0.15) is 29.8 Å². The van der Waals surface area contributed by atoms with Crippen molar-refractivity contribution in [3.63, 3.8) is 0 Å². The zero-order valence-electron chi connectivity index (χ0n) is 11.2. The lowest BCUT2D eigenvalue weighted by atomic mass is 10.0. The lowest BCUT2D eigenvalue weighted by Crippen LogP contribution is -2.44. The van der Waals surface area contributed by atoms with E-state index in [1.54, 1.807) is 0 Å². The fraction of sp³-hybridized carbons (Fsp3) is 0.385. The fourth-order valence-corrected chi connectivity index (χ4v) is 1.61. The lowest BCUT2D eigenvalue weighted by Gasteiger charge is -2.18. The van der Waals surface area contributed by atoms with Crippen LogP contribution in [-0.4, -0.2) is 23.0 Å². The number of aliphatic carboxylic acids is 1. The predicted octanol–water partition coefficient (Wildman–Crippen LogP) is 2.68. The number of alkyl halides is 3. The van der Waals surface area contributed by atoms with Crippen LogP contribution in [0.2, 0.25) is 0 Å². The molecule has 0 fully saturated rings. The van der Waals surface area contributed by atoms with Crippen LogP contribution in [0.3, 0.4) is 0 Å². The number of carboxylic acids is 1. The van der Waals surface area contributed by atoms with Gasteiger partial charge in [0.15, 0.2) is 0 Å². The Morgan fingerprint density at radius 2 is 1.81 bits per heavy atom. The highest BCUT2D eigenvalue weighted by Gasteiger charge is 2.32. The molecule has 1 aromatic carbocycles. The first-order chi connectivity index (χ1) is 9.54. The number of benzene rings is 1. The average molecular weight is 307 g/mol. The Kier molecular flexibility index (Phi) is 4.93. The average Bonchev–Trinajstić information content (AvgIpc) is 2.33. The second-order valence-electron chi connectivity index (χ2n) is 4.73. The summed E-state index contributed by atoms with van der Waals surface area (Å²) in [6.45, 7) is 3.00. The van der Waals surface area contributed by atoms with Gasteiger partial charge >= 0.3 is 12.1 Å². The SMILES string of the molecule is CC(C)C(NC(=O)c1cc(C(F)(F)F)ccc1F)C(=O)O. The van der Waals surface area contributed by atoms with E-state index in [4.69, 9.17) is 5.11 Å². The van der Waals surface area contributed by atoms with Crippen molar-refractivity contribution in [2.45, 2.75) is 26.1 Å². The van der Waals surface area contributed by atoms with Crippen molar-refractivity contribution in [1.82, 2.24) is 5.32 Å². The van der Waals surface area contributed by atoms with Crippen LogP contribution in [0.25, 0.3) is 0 Å². The van der Waals surface area contributed by atoms with Crippen molar-refractivity contribution in [3.05, 3.63) is 35.1 Å². The van der Waals surface area contributed by atoms with E-state index in [0.717, 1.165) is 0 Å². The van der Waals surface area contributed by atoms with E-state index in [2.05, 4.69) is 0 Å². The van der Waals surface area contributed by atoms with Gasteiger partial charge in [-0.3, -0.25) is 4.79 Å². The van der Waals surface area contributed by atoms with Gasteiger partial charge in [-0.25, -0.2) is 9.18 Å². The number of carbonyl (C=O) groups is 2. The van der Waals surface area contributed by atoms with Crippen LogP contribution in [0.4, 0.5) is 17.6 Å². The van der Waals surface area contributed by atoms with Crippen LogP contribution in [-0.2, 0) is 11.0 Å². The minimum atomic E-state index is -4.73. The third kappa shape index (κ3) is 4.17. The van der Waals surface area contributed by atoms with E-state index in [0.29, 0.717) is 18.2 Å². The lowest BCUT2D eigenvalue weighted by molar-refractivity contribution is -0.140. The molecule has 0 aliphatic carbocycles. The minimum Gasteiger partial charge on any atom is -0.480 e. The smallest absolute Gasteiger partial charge is 0.416 e. The normalized spacial score (nSPS) is 13.1. The summed E-state index contributed by atoms with van der Waals surface area (Å²) in [4.78, 5) is 22.7. The maximum atomic E-state index is 13.5. The first-order valence-electron chi connectivity index (χ1n) is 5.94. The Morgan fingerprint density at radius 3 is 2.24 bits per heavy atom. The van der Waals surface area contributed by atoms with Gasteiger partial charge in [-0.15, -0.1) is 0 Å². The van der Waals surface area contributed by atoms with E-state index in [1.807, 2.05) is 5.32 Å². The van der Waals surface area contributed by atoms with Gasteiger partial charge < -0.3 is 10.4 Å². The molecule has 0 saturated heterocycles. The molecule has 0 aliphatic rings. The molecule has 1 atom stereocenters. The third-order valence-electron chi connectivity index (χ3n) is 2.76. The Hall–Kier alpha value is -2.12. The van der Waals surface area contributed by atoms with Crippen molar-refractivity contribution < 1.29 is 32.3 Å². The molecule has 1 amide bonds. The summed E-state index contributed by atoms with van der Waals surface area (Å²) in [6, 6.07) is 0.0437. The summed E-state index contributed by atoms with van der Waals surface area (Å²) in [5, 5.41) is 10.9. The summed E-state index contributed by atoms with van der Waals surface area (Å²) in [7, 11) is 0. The number of amides is 1. The molecule has 0 saturated carbocycles. The standard InChI is InChI=1S/C13H13F4NO3/c1-6(2)10(12(20)21)18-11(19)8-5-7(13(15,16)17)3-4-9(8)14/h3-6,10H,1-2H3,(H,18,19)(H,20,21). The Balaban J connectivity index is 3.10. The molecule has 0 aromatic heterocycles. The van der Waals surface area contributed by atoms with Gasteiger partial charge in [-0.1, -0.05) is 13.8 Å². The molecule has 0 aliphatic heterocycles. The fourth-order valence-electron chi connectivity index (χ4n) is 1.61. The second kappa shape index (κ2) is 6.11. The molecule has 4 nitrogen and oxygen atoms in total. The Morgan fingerprint density at radius 1 is 1.24 bits per heavy atom. The molecule has 0 radical (unpaired) electrons. The van der Waals surface area contributed by atoms with E-state index >= 15 is 0 Å². The highest BCUT2D eigenvalue weighted by atomic mass is 19.4. The zero-order chi connectivity index (χ0) is 16.4. The van der Waals surface area contributed by atoms with Crippen molar-refractivity contribution >= 4 is 11.9 Å². The van der Waals surface area contributed by atoms with Crippen molar-refractivity contribution in [2.75, 3.05) is 0 Å². The third-order valence-corrected chi connectivity index (χ3v) is 2.76. The number of carboxylic acid groups (broad SMARTS) is 1. The number of hydrogen-bond acceptors (Lipinski definition) is 2. The molecule has 0 bridgehead atoms. The van der Waals surface area contributed by atoms with Crippen LogP contribution in [0.15, 0.2) is 18.2 Å². The largest absolute Gasteiger partial charge is 0.480 e. The van der Waals surface area contributed by atoms with Gasteiger partial charge in [-0.05, 0) is 24.1 Å². The molecule has 116 valence electrons. The maximum Gasteiger partial charge on any atom is 0.416 e. The van der Waals surface area contributed by atoms with E-state index in [1.165, 1.54) is 13.8 Å². The highest BCUT2D eigenvalue weighted by Crippen LogP contribution is 2.30. The highest BCUT2D eigenvalue weighted by molar-refractivity contribution is 5.97. The summed E-state index contributed by atoms with van der Waals surface area (Å²) >= 11 is 0. The van der Waals surface area contributed by atoms with E-state index in [9.17, 15) is 27.2 Å². The summed E-state index contributed by atoms with van der Waals surface area (Å²) in [6.07, 6.45) is -4.73. The van der Waals surface area contributed by atoms with Gasteiger partial charge in [0, 0.05) is 0 Å². The molecule has 0 spiro atoms. The first kappa shape index (κ1) is 16.9. The molecule has 2 N–H and O–H groups in total. The molecule has 21 heavy (non-hydrogen) atoms. The number of rotatable bonds is 4. The monoisotopic (exact) mass is 307 g/mol. The van der Waals surface area contributed by atoms with Gasteiger partial charge in [-0.2, -0.15) is 13.2 Å². The van der Waals surface area contributed by atoms with Crippen LogP contribution < -0.4 is 5.32 Å². The van der Waals surface area contributed by atoms with Gasteiger partial charge in [0.1, 0.15) is 11.9 Å². The van der Waals surface area contributed by atoms with Crippen LogP contribution in [0.5, 0.6) is 0 Å². The van der Waals surface area contributed by atoms with Gasteiger partial charge in [0.2, 0.25) is 0 Å². The summed E-state index contributed by atoms with van der Waals surface area (Å²) in [5.41, 5.74) is -2.04. The van der Waals surface area contributed by atoms with Gasteiger partial charge in [0.25, 0.3) is 5.91 Å². The van der Waals surface area contributed by atoms with E-state index < -0.39 is 47.0 Å². The minimum absolute atomic E-state index is 0.351. The first-order valence-corrected chi connectivity index (χ1v) is 5.94. The molecular formula is C13H13F4NO3. The quantitative estimate of drug-likeness (QED) is 0.841. The predicted molar refractivity (Wildman–Crippen MR) is 65.1 cm³/mol. The number of nitrogens with one attached hydrogen (secondary N) is 1. The Labute approximate surface area is 117 Å². The van der Waals surface area contributed by atoms with Crippen LogP contribution >= 0.6 is 0 Å². The van der Waals surface area contributed by atoms with E-state index in [-0.39, 0.29) is 0 Å². The molecule has 1 rings (SSSR count). The second-order valence-corrected chi connectivity index (χ2v) is 4.73. The van der Waals surface area contributed by atoms with Crippen molar-refractivity contribution in [1.29, 1.82) is 0 Å². The molecule has 1 unspecified atom stereocenters. The summed E-state index contributed by atoms with van der Waals surface area (Å²) in [5.74, 6) is -4.24. The number of halogens is 4. The number of carbonyl (C=O) groups excluding carboxylic acids is 1. The molecule has 0 heterocycles. The van der Waals surface area contributed by atoms with Crippen LogP contribution in [0, 0.1) is 11.7 Å². The summed E-state index contributed by atoms with van der Waals surface area (Å²) < 4.78 is 51.1. The molecular weight excluding hydrogens is 294 g/mol. The topological polar surface area (TPSA) is 66.4 Å². The molecule has 8 heteroatoms. The zero-order valence-corrected chi connectivity index (χ0v) is 11.2.